The molecule has 0 saturated heterocycles. The summed E-state index contributed by atoms with van der Waals surface area (Å²) >= 11 is 1.51. The Kier molecular flexibility index (Phi) is 3.68. The Bertz CT molecular complexity index is 549. The Balaban J connectivity index is 1.56. The summed E-state index contributed by atoms with van der Waals surface area (Å²) in [4.78, 5) is 1.51. The largest absolute Gasteiger partial charge is 0.309 e. The fourth-order valence-electron chi connectivity index (χ4n) is 2.11. The van der Waals surface area contributed by atoms with Crippen LogP contribution in [0.2, 0.25) is 0 Å². The predicted molar refractivity (Wildman–Crippen MR) is 76.6 cm³/mol. The standard InChI is InChI=1S/C13H20N2O2S2/c1-9-4-10(9)6-15-19(16,17)13-5-12(18-8-13)7-14-11-2-3-11/h5,8-11,14-15H,2-4,6-7H2,1H3. The van der Waals surface area contributed by atoms with Gasteiger partial charge in [-0.3, -0.25) is 0 Å². The number of hydrogen-bond donors (Lipinski definition) is 2. The molecule has 0 radical (unpaired) electrons. The van der Waals surface area contributed by atoms with Crippen LogP contribution in [0.1, 0.15) is 31.1 Å². The molecule has 2 N–H and O–H groups in total. The van der Waals surface area contributed by atoms with Crippen molar-refractivity contribution in [2.24, 2.45) is 11.8 Å². The van der Waals surface area contributed by atoms with E-state index in [1.54, 1.807) is 11.4 Å². The molecule has 2 aliphatic carbocycles. The van der Waals surface area contributed by atoms with E-state index in [9.17, 15) is 8.42 Å². The van der Waals surface area contributed by atoms with E-state index in [2.05, 4.69) is 17.0 Å². The second-order valence-electron chi connectivity index (χ2n) is 5.73. The minimum absolute atomic E-state index is 0.415. The SMILES string of the molecule is CC1CC1CNS(=O)(=O)c1csc(CNC2CC2)c1. The van der Waals surface area contributed by atoms with Crippen LogP contribution in [0.15, 0.2) is 16.3 Å². The third-order valence-corrected chi connectivity index (χ3v) is 6.38. The molecule has 2 fully saturated rings. The minimum Gasteiger partial charge on any atom is -0.309 e. The molecule has 0 bridgehead atoms. The van der Waals surface area contributed by atoms with Crippen LogP contribution in [-0.4, -0.2) is 21.0 Å². The van der Waals surface area contributed by atoms with E-state index in [0.29, 0.717) is 29.3 Å². The molecule has 1 heterocycles. The van der Waals surface area contributed by atoms with Crippen LogP contribution in [0, 0.1) is 11.8 Å². The van der Waals surface area contributed by atoms with Gasteiger partial charge in [0.15, 0.2) is 0 Å². The molecule has 3 rings (SSSR count). The summed E-state index contributed by atoms with van der Waals surface area (Å²) in [5.41, 5.74) is 0. The molecule has 2 aliphatic rings. The Morgan fingerprint density at radius 2 is 2.16 bits per heavy atom. The average molecular weight is 300 g/mol. The molecule has 0 spiro atoms. The van der Waals surface area contributed by atoms with Crippen LogP contribution in [0.4, 0.5) is 0 Å². The molecule has 2 unspecified atom stereocenters. The summed E-state index contributed by atoms with van der Waals surface area (Å²) in [6.45, 7) is 3.52. The summed E-state index contributed by atoms with van der Waals surface area (Å²) in [5, 5.41) is 5.14. The van der Waals surface area contributed by atoms with E-state index in [4.69, 9.17) is 0 Å². The first-order valence-electron chi connectivity index (χ1n) is 6.85. The Morgan fingerprint density at radius 3 is 2.79 bits per heavy atom. The maximum absolute atomic E-state index is 12.1. The first-order valence-corrected chi connectivity index (χ1v) is 9.21. The highest BCUT2D eigenvalue weighted by molar-refractivity contribution is 7.89. The van der Waals surface area contributed by atoms with Gasteiger partial charge in [0.05, 0.1) is 4.90 Å². The van der Waals surface area contributed by atoms with Gasteiger partial charge in [-0.15, -0.1) is 11.3 Å². The van der Waals surface area contributed by atoms with Crippen LogP contribution in [0.25, 0.3) is 0 Å². The lowest BCUT2D eigenvalue weighted by molar-refractivity contribution is 0.575. The quantitative estimate of drug-likeness (QED) is 0.809. The average Bonchev–Trinajstić information content (AvgIpc) is 3.26. The van der Waals surface area contributed by atoms with Crippen LogP contribution < -0.4 is 10.0 Å². The highest BCUT2D eigenvalue weighted by Gasteiger charge is 2.33. The Morgan fingerprint density at radius 1 is 1.42 bits per heavy atom. The maximum atomic E-state index is 12.1. The number of nitrogens with one attached hydrogen (secondary N) is 2. The van der Waals surface area contributed by atoms with Crippen molar-refractivity contribution < 1.29 is 8.42 Å². The molecular formula is C13H20N2O2S2. The fraction of sp³-hybridized carbons (Fsp3) is 0.692. The number of rotatable bonds is 7. The lowest BCUT2D eigenvalue weighted by atomic mass is 10.3. The number of thiophene rings is 1. The summed E-state index contributed by atoms with van der Waals surface area (Å²) in [5.74, 6) is 1.20. The van der Waals surface area contributed by atoms with Gasteiger partial charge in [0.1, 0.15) is 0 Å². The summed E-state index contributed by atoms with van der Waals surface area (Å²) < 4.78 is 26.9. The fourth-order valence-corrected chi connectivity index (χ4v) is 4.43. The van der Waals surface area contributed by atoms with Crippen molar-refractivity contribution in [2.45, 2.75) is 43.7 Å². The minimum atomic E-state index is -3.31. The monoisotopic (exact) mass is 300 g/mol. The van der Waals surface area contributed by atoms with E-state index >= 15 is 0 Å². The van der Waals surface area contributed by atoms with Crippen molar-refractivity contribution in [3.63, 3.8) is 0 Å². The van der Waals surface area contributed by atoms with Gasteiger partial charge in [0.25, 0.3) is 0 Å². The first-order chi connectivity index (χ1) is 9.04. The normalized spacial score (nSPS) is 26.6. The van der Waals surface area contributed by atoms with E-state index in [1.807, 2.05) is 0 Å². The van der Waals surface area contributed by atoms with Gasteiger partial charge >= 0.3 is 0 Å². The summed E-state index contributed by atoms with van der Waals surface area (Å²) in [7, 11) is -3.31. The molecule has 1 aromatic rings. The van der Waals surface area contributed by atoms with Gasteiger partial charge < -0.3 is 5.32 Å². The lowest BCUT2D eigenvalue weighted by Crippen LogP contribution is -2.25. The zero-order chi connectivity index (χ0) is 13.5. The smallest absolute Gasteiger partial charge is 0.241 e. The van der Waals surface area contributed by atoms with Crippen LogP contribution >= 0.6 is 11.3 Å². The van der Waals surface area contributed by atoms with Gasteiger partial charge in [-0.25, -0.2) is 13.1 Å². The number of hydrogen-bond acceptors (Lipinski definition) is 4. The second kappa shape index (κ2) is 5.16. The van der Waals surface area contributed by atoms with Gasteiger partial charge in [0.2, 0.25) is 10.0 Å². The van der Waals surface area contributed by atoms with Crippen molar-refractivity contribution in [2.75, 3.05) is 6.54 Å². The third-order valence-electron chi connectivity index (χ3n) is 3.89. The highest BCUT2D eigenvalue weighted by Crippen LogP contribution is 2.37. The van der Waals surface area contributed by atoms with Gasteiger partial charge in [0, 0.05) is 29.4 Å². The topological polar surface area (TPSA) is 58.2 Å². The molecule has 0 aromatic carbocycles. The van der Waals surface area contributed by atoms with E-state index in [0.717, 1.165) is 17.8 Å². The molecule has 0 aliphatic heterocycles. The Hall–Kier alpha value is -0.430. The lowest BCUT2D eigenvalue weighted by Gasteiger charge is -2.03. The molecule has 4 nitrogen and oxygen atoms in total. The van der Waals surface area contributed by atoms with Crippen LogP contribution in [-0.2, 0) is 16.6 Å². The molecule has 2 atom stereocenters. The summed E-state index contributed by atoms with van der Waals surface area (Å²) in [6.07, 6.45) is 3.64. The van der Waals surface area contributed by atoms with Crippen molar-refractivity contribution in [3.8, 4) is 0 Å². The van der Waals surface area contributed by atoms with Crippen LogP contribution in [0.5, 0.6) is 0 Å². The van der Waals surface area contributed by atoms with Crippen molar-refractivity contribution in [1.29, 1.82) is 0 Å². The van der Waals surface area contributed by atoms with Crippen molar-refractivity contribution >= 4 is 21.4 Å². The van der Waals surface area contributed by atoms with Gasteiger partial charge in [-0.2, -0.15) is 0 Å². The van der Waals surface area contributed by atoms with Crippen molar-refractivity contribution in [1.82, 2.24) is 10.0 Å². The highest BCUT2D eigenvalue weighted by atomic mass is 32.2. The molecule has 6 heteroatoms. The molecule has 0 amide bonds. The molecule has 2 saturated carbocycles. The first kappa shape index (κ1) is 13.5. The third kappa shape index (κ3) is 3.56. The van der Waals surface area contributed by atoms with Crippen molar-refractivity contribution in [3.05, 3.63) is 16.3 Å². The number of sulfonamides is 1. The van der Waals surface area contributed by atoms with E-state index < -0.39 is 10.0 Å². The molecule has 19 heavy (non-hydrogen) atoms. The summed E-state index contributed by atoms with van der Waals surface area (Å²) in [6, 6.07) is 2.44. The predicted octanol–water partition coefficient (Wildman–Crippen LogP) is 1.93. The van der Waals surface area contributed by atoms with E-state index in [1.165, 1.54) is 24.2 Å². The van der Waals surface area contributed by atoms with Crippen LogP contribution in [0.3, 0.4) is 0 Å². The van der Waals surface area contributed by atoms with Gasteiger partial charge in [-0.05, 0) is 37.2 Å². The second-order valence-corrected chi connectivity index (χ2v) is 8.49. The Labute approximate surface area is 118 Å². The molecule has 1 aromatic heterocycles. The molecular weight excluding hydrogens is 280 g/mol. The molecule has 106 valence electrons. The zero-order valence-electron chi connectivity index (χ0n) is 11.1. The maximum Gasteiger partial charge on any atom is 0.241 e. The zero-order valence-corrected chi connectivity index (χ0v) is 12.7. The van der Waals surface area contributed by atoms with Gasteiger partial charge in [-0.1, -0.05) is 6.92 Å². The van der Waals surface area contributed by atoms with E-state index in [-0.39, 0.29) is 0 Å².